The van der Waals surface area contributed by atoms with E-state index in [1.54, 1.807) is 4.90 Å². The van der Waals surface area contributed by atoms with E-state index in [0.29, 0.717) is 6.54 Å². The van der Waals surface area contributed by atoms with Crippen LogP contribution in [0.3, 0.4) is 0 Å². The normalized spacial score (nSPS) is 14.2. The highest BCUT2D eigenvalue weighted by molar-refractivity contribution is 8.13. The van der Waals surface area contributed by atoms with Crippen molar-refractivity contribution in [1.82, 2.24) is 4.90 Å². The molecule has 0 spiro atoms. The average Bonchev–Trinajstić information content (AvgIpc) is 2.94. The fraction of sp³-hybridized carbons (Fsp3) is 0.176. The summed E-state index contributed by atoms with van der Waals surface area (Å²) < 4.78 is 0. The minimum atomic E-state index is -0.164. The summed E-state index contributed by atoms with van der Waals surface area (Å²) in [5.41, 5.74) is 2.98. The first-order chi connectivity index (χ1) is 10.7. The van der Waals surface area contributed by atoms with Gasteiger partial charge in [0.1, 0.15) is 6.54 Å². The standard InChI is InChI=1S/C17H16N2O2S/c20-16(12-19-10-11-22-17(19)21)18-15-8-6-14(7-9-15)13-4-2-1-3-5-13/h1-9H,10-12H2,(H,18,20). The van der Waals surface area contributed by atoms with Crippen molar-refractivity contribution in [3.8, 4) is 11.1 Å². The van der Waals surface area contributed by atoms with Crippen molar-refractivity contribution < 1.29 is 9.59 Å². The minimum absolute atomic E-state index is 0.0189. The maximum atomic E-state index is 12.0. The number of hydrogen-bond acceptors (Lipinski definition) is 3. The van der Waals surface area contributed by atoms with Crippen molar-refractivity contribution in [2.75, 3.05) is 24.2 Å². The Labute approximate surface area is 133 Å². The number of benzene rings is 2. The van der Waals surface area contributed by atoms with Gasteiger partial charge in [0.25, 0.3) is 5.24 Å². The Kier molecular flexibility index (Phi) is 4.44. The molecule has 22 heavy (non-hydrogen) atoms. The SMILES string of the molecule is O=C(CN1CCSC1=O)Nc1ccc(-c2ccccc2)cc1. The van der Waals surface area contributed by atoms with Crippen LogP contribution in [0.2, 0.25) is 0 Å². The Hall–Kier alpha value is -2.27. The highest BCUT2D eigenvalue weighted by Crippen LogP contribution is 2.21. The summed E-state index contributed by atoms with van der Waals surface area (Å²) in [7, 11) is 0. The first-order valence-corrected chi connectivity index (χ1v) is 8.08. The molecule has 0 saturated carbocycles. The zero-order chi connectivity index (χ0) is 15.4. The molecule has 3 rings (SSSR count). The van der Waals surface area contributed by atoms with Crippen LogP contribution in [0.1, 0.15) is 0 Å². The molecule has 1 N–H and O–H groups in total. The van der Waals surface area contributed by atoms with E-state index in [2.05, 4.69) is 5.32 Å². The molecule has 0 unspecified atom stereocenters. The molecule has 2 aromatic rings. The van der Waals surface area contributed by atoms with Gasteiger partial charge in [0.15, 0.2) is 0 Å². The molecular formula is C17H16N2O2S. The summed E-state index contributed by atoms with van der Waals surface area (Å²) in [5, 5.41) is 2.81. The van der Waals surface area contributed by atoms with Gasteiger partial charge in [-0.3, -0.25) is 9.59 Å². The van der Waals surface area contributed by atoms with E-state index in [1.807, 2.05) is 54.6 Å². The molecule has 2 aromatic carbocycles. The second-order valence-electron chi connectivity index (χ2n) is 5.03. The summed E-state index contributed by atoms with van der Waals surface area (Å²) in [6.45, 7) is 0.760. The lowest BCUT2D eigenvalue weighted by Gasteiger charge is -2.14. The van der Waals surface area contributed by atoms with Crippen LogP contribution in [0.4, 0.5) is 10.5 Å². The van der Waals surface area contributed by atoms with Crippen molar-refractivity contribution in [3.05, 3.63) is 54.6 Å². The number of rotatable bonds is 4. The molecule has 4 nitrogen and oxygen atoms in total. The minimum Gasteiger partial charge on any atom is -0.325 e. The van der Waals surface area contributed by atoms with Gasteiger partial charge in [0.2, 0.25) is 5.91 Å². The van der Waals surface area contributed by atoms with Gasteiger partial charge in [-0.05, 0) is 23.3 Å². The van der Waals surface area contributed by atoms with E-state index in [1.165, 1.54) is 11.8 Å². The summed E-state index contributed by atoms with van der Waals surface area (Å²) in [6.07, 6.45) is 0. The first kappa shape index (κ1) is 14.7. The number of carbonyl (C=O) groups excluding carboxylic acids is 2. The molecule has 0 bridgehead atoms. The van der Waals surface area contributed by atoms with E-state index in [0.717, 1.165) is 22.6 Å². The second-order valence-corrected chi connectivity index (χ2v) is 6.07. The van der Waals surface area contributed by atoms with Crippen molar-refractivity contribution in [2.24, 2.45) is 0 Å². The van der Waals surface area contributed by atoms with Crippen LogP contribution in [0, 0.1) is 0 Å². The second kappa shape index (κ2) is 6.66. The molecule has 0 aromatic heterocycles. The molecule has 5 heteroatoms. The predicted molar refractivity (Wildman–Crippen MR) is 89.9 cm³/mol. The van der Waals surface area contributed by atoms with Crippen LogP contribution >= 0.6 is 11.8 Å². The van der Waals surface area contributed by atoms with Crippen LogP contribution in [-0.4, -0.2) is 34.9 Å². The van der Waals surface area contributed by atoms with Crippen molar-refractivity contribution in [1.29, 1.82) is 0 Å². The number of hydrogen-bond donors (Lipinski definition) is 1. The summed E-state index contributed by atoms with van der Waals surface area (Å²) in [4.78, 5) is 25.0. The van der Waals surface area contributed by atoms with Gasteiger partial charge >= 0.3 is 0 Å². The largest absolute Gasteiger partial charge is 0.325 e. The molecule has 1 aliphatic heterocycles. The average molecular weight is 312 g/mol. The third-order valence-electron chi connectivity index (χ3n) is 3.46. The lowest BCUT2D eigenvalue weighted by atomic mass is 10.1. The van der Waals surface area contributed by atoms with Crippen LogP contribution in [0.5, 0.6) is 0 Å². The van der Waals surface area contributed by atoms with E-state index in [-0.39, 0.29) is 17.7 Å². The maximum Gasteiger partial charge on any atom is 0.282 e. The third-order valence-corrected chi connectivity index (χ3v) is 4.35. The number of nitrogens with zero attached hydrogens (tertiary/aromatic N) is 1. The molecule has 0 aliphatic carbocycles. The molecule has 1 fully saturated rings. The molecule has 1 heterocycles. The van der Waals surface area contributed by atoms with E-state index >= 15 is 0 Å². The van der Waals surface area contributed by atoms with Gasteiger partial charge in [-0.2, -0.15) is 0 Å². The summed E-state index contributed by atoms with van der Waals surface area (Å²) in [5.74, 6) is 0.598. The quantitative estimate of drug-likeness (QED) is 0.940. The van der Waals surface area contributed by atoms with Crippen molar-refractivity contribution in [3.63, 3.8) is 0 Å². The Morgan fingerprint density at radius 3 is 2.36 bits per heavy atom. The zero-order valence-electron chi connectivity index (χ0n) is 12.0. The van der Waals surface area contributed by atoms with Crippen molar-refractivity contribution in [2.45, 2.75) is 0 Å². The zero-order valence-corrected chi connectivity index (χ0v) is 12.8. The summed E-state index contributed by atoms with van der Waals surface area (Å²) >= 11 is 1.26. The van der Waals surface area contributed by atoms with Gasteiger partial charge < -0.3 is 10.2 Å². The Morgan fingerprint density at radius 2 is 1.73 bits per heavy atom. The Bertz CT molecular complexity index is 671. The number of carbonyl (C=O) groups is 2. The van der Waals surface area contributed by atoms with Crippen LogP contribution < -0.4 is 5.32 Å². The fourth-order valence-electron chi connectivity index (χ4n) is 2.32. The molecular weight excluding hydrogens is 296 g/mol. The van der Waals surface area contributed by atoms with Crippen LogP contribution in [-0.2, 0) is 4.79 Å². The molecule has 0 atom stereocenters. The number of anilines is 1. The molecule has 1 aliphatic rings. The molecule has 0 radical (unpaired) electrons. The maximum absolute atomic E-state index is 12.0. The van der Waals surface area contributed by atoms with Gasteiger partial charge in [0, 0.05) is 18.0 Å². The molecule has 2 amide bonds. The Balaban J connectivity index is 1.61. The predicted octanol–water partition coefficient (Wildman–Crippen LogP) is 3.46. The monoisotopic (exact) mass is 312 g/mol. The van der Waals surface area contributed by atoms with E-state index < -0.39 is 0 Å². The lowest BCUT2D eigenvalue weighted by molar-refractivity contribution is -0.116. The van der Waals surface area contributed by atoms with Crippen molar-refractivity contribution >= 4 is 28.6 Å². The van der Waals surface area contributed by atoms with Gasteiger partial charge in [0.05, 0.1) is 0 Å². The fourth-order valence-corrected chi connectivity index (χ4v) is 3.14. The van der Waals surface area contributed by atoms with Crippen LogP contribution in [0.25, 0.3) is 11.1 Å². The van der Waals surface area contributed by atoms with Gasteiger partial charge in [-0.25, -0.2) is 0 Å². The number of amides is 2. The lowest BCUT2D eigenvalue weighted by Crippen LogP contribution is -2.33. The Morgan fingerprint density at radius 1 is 1.05 bits per heavy atom. The van der Waals surface area contributed by atoms with E-state index in [9.17, 15) is 9.59 Å². The summed E-state index contributed by atoms with van der Waals surface area (Å²) in [6, 6.07) is 17.8. The smallest absolute Gasteiger partial charge is 0.282 e. The van der Waals surface area contributed by atoms with Gasteiger partial charge in [-0.1, -0.05) is 54.2 Å². The number of nitrogens with one attached hydrogen (secondary N) is 1. The highest BCUT2D eigenvalue weighted by atomic mass is 32.2. The van der Waals surface area contributed by atoms with Crippen LogP contribution in [0.15, 0.2) is 54.6 Å². The first-order valence-electron chi connectivity index (χ1n) is 7.09. The molecule has 112 valence electrons. The number of thioether (sulfide) groups is 1. The topological polar surface area (TPSA) is 49.4 Å². The highest BCUT2D eigenvalue weighted by Gasteiger charge is 2.23. The van der Waals surface area contributed by atoms with Gasteiger partial charge in [-0.15, -0.1) is 0 Å². The third kappa shape index (κ3) is 3.49. The molecule has 1 saturated heterocycles. The van der Waals surface area contributed by atoms with E-state index in [4.69, 9.17) is 0 Å².